The zero-order valence-corrected chi connectivity index (χ0v) is 38.9. The molecule has 0 aliphatic rings. The van der Waals surface area contributed by atoms with Crippen LogP contribution in [0.2, 0.25) is 0 Å². The molecule has 0 aromatic carbocycles. The van der Waals surface area contributed by atoms with E-state index in [1.807, 2.05) is 27.2 Å². The third-order valence-corrected chi connectivity index (χ3v) is 11.5. The second kappa shape index (κ2) is 40.1. The van der Waals surface area contributed by atoms with E-state index in [2.05, 4.69) is 43.5 Å². The molecule has 2 N–H and O–H groups in total. The zero-order chi connectivity index (χ0) is 42.1. The van der Waals surface area contributed by atoms with Crippen LogP contribution in [-0.2, 0) is 18.4 Å². The van der Waals surface area contributed by atoms with E-state index >= 15 is 0 Å². The summed E-state index contributed by atoms with van der Waals surface area (Å²) in [6.07, 6.45) is 49.9. The van der Waals surface area contributed by atoms with Crippen LogP contribution in [0.5, 0.6) is 0 Å². The van der Waals surface area contributed by atoms with Gasteiger partial charge in [0.05, 0.1) is 39.9 Å². The summed E-state index contributed by atoms with van der Waals surface area (Å²) in [7, 11) is 1.23. The third kappa shape index (κ3) is 42.6. The van der Waals surface area contributed by atoms with Gasteiger partial charge in [-0.2, -0.15) is 0 Å². The molecule has 0 aromatic heterocycles. The van der Waals surface area contributed by atoms with E-state index in [4.69, 9.17) is 9.05 Å². The van der Waals surface area contributed by atoms with E-state index in [9.17, 15) is 19.4 Å². The molecule has 0 spiro atoms. The van der Waals surface area contributed by atoms with Crippen molar-refractivity contribution in [3.8, 4) is 0 Å². The number of hydrogen-bond acceptors (Lipinski definition) is 6. The summed E-state index contributed by atoms with van der Waals surface area (Å²) >= 11 is 0. The van der Waals surface area contributed by atoms with Crippen LogP contribution in [0, 0.1) is 0 Å². The maximum Gasteiger partial charge on any atom is 0.268 e. The quantitative estimate of drug-likeness (QED) is 0.0274. The van der Waals surface area contributed by atoms with Crippen molar-refractivity contribution in [2.45, 2.75) is 225 Å². The molecule has 0 rings (SSSR count). The van der Waals surface area contributed by atoms with Gasteiger partial charge in [0.2, 0.25) is 5.91 Å². The minimum atomic E-state index is -4.58. The van der Waals surface area contributed by atoms with Gasteiger partial charge in [0.15, 0.2) is 0 Å². The van der Waals surface area contributed by atoms with E-state index in [0.29, 0.717) is 17.4 Å². The lowest BCUT2D eigenvalue weighted by Gasteiger charge is -2.29. The second-order valence-electron chi connectivity index (χ2n) is 17.5. The van der Waals surface area contributed by atoms with Gasteiger partial charge in [0.1, 0.15) is 13.2 Å². The maximum atomic E-state index is 12.6. The molecule has 0 saturated carbocycles. The van der Waals surface area contributed by atoms with Crippen LogP contribution in [0.15, 0.2) is 36.5 Å². The highest BCUT2D eigenvalue weighted by atomic mass is 31.2. The highest BCUT2D eigenvalue weighted by Gasteiger charge is 2.23. The number of rotatable bonds is 43. The Morgan fingerprint density at radius 3 is 1.42 bits per heavy atom. The van der Waals surface area contributed by atoms with Gasteiger partial charge in [0.25, 0.3) is 7.82 Å². The molecule has 3 unspecified atom stereocenters. The van der Waals surface area contributed by atoms with Crippen LogP contribution < -0.4 is 10.2 Å². The lowest BCUT2D eigenvalue weighted by Crippen LogP contribution is -2.45. The minimum absolute atomic E-state index is 0.00893. The Morgan fingerprint density at radius 1 is 0.596 bits per heavy atom. The number of phosphoric ester groups is 1. The van der Waals surface area contributed by atoms with Crippen LogP contribution in [0.4, 0.5) is 0 Å². The molecule has 0 fully saturated rings. The normalized spacial score (nSPS) is 14.6. The number of carbonyl (C=O) groups excluding carboxylic acids is 1. The molecule has 57 heavy (non-hydrogen) atoms. The number of likely N-dealkylation sites (N-methyl/N-ethyl adjacent to an activating group) is 1. The highest BCUT2D eigenvalue weighted by molar-refractivity contribution is 7.45. The minimum Gasteiger partial charge on any atom is -0.756 e. The fourth-order valence-electron chi connectivity index (χ4n) is 6.77. The van der Waals surface area contributed by atoms with E-state index in [0.717, 1.165) is 57.8 Å². The lowest BCUT2D eigenvalue weighted by atomic mass is 10.0. The summed E-state index contributed by atoms with van der Waals surface area (Å²) in [4.78, 5) is 25.0. The standard InChI is InChI=1S/C48H93N2O6P/c1-6-8-10-12-13-14-15-16-17-18-19-20-21-22-23-24-25-26-27-28-29-30-31-32-33-34-35-36-38-39-41-47(51)46(49-48(52)42-40-37-11-9-7-2)45-56-57(53,54)55-44-43-50(3,4)5/h30-31,34-35,39,41,46-47,51H,6-29,32-33,36-38,40,42-45H2,1-5H3,(H-,49,52,53,54)/b31-30+,35-34+,41-39+. The summed E-state index contributed by atoms with van der Waals surface area (Å²) in [6, 6.07) is -0.903. The van der Waals surface area contributed by atoms with Crippen LogP contribution in [0.25, 0.3) is 0 Å². The Morgan fingerprint density at radius 2 is 0.982 bits per heavy atom. The van der Waals surface area contributed by atoms with E-state index in [-0.39, 0.29) is 12.5 Å². The molecule has 0 bridgehead atoms. The fourth-order valence-corrected chi connectivity index (χ4v) is 7.50. The molecule has 0 aromatic rings. The first-order valence-corrected chi connectivity index (χ1v) is 25.3. The Balaban J connectivity index is 4.04. The smallest absolute Gasteiger partial charge is 0.268 e. The third-order valence-electron chi connectivity index (χ3n) is 10.6. The molecule has 0 heterocycles. The van der Waals surface area contributed by atoms with Gasteiger partial charge in [-0.3, -0.25) is 9.36 Å². The Bertz CT molecular complexity index is 1030. The molecule has 9 heteroatoms. The first kappa shape index (κ1) is 55.7. The monoisotopic (exact) mass is 825 g/mol. The number of aliphatic hydroxyl groups is 1. The Kier molecular flexibility index (Phi) is 39.2. The van der Waals surface area contributed by atoms with Gasteiger partial charge in [-0.25, -0.2) is 0 Å². The summed E-state index contributed by atoms with van der Waals surface area (Å²) in [6.45, 7) is 4.52. The summed E-state index contributed by atoms with van der Waals surface area (Å²) < 4.78 is 23.0. The van der Waals surface area contributed by atoms with Gasteiger partial charge < -0.3 is 28.8 Å². The van der Waals surface area contributed by atoms with E-state index < -0.39 is 26.6 Å². The topological polar surface area (TPSA) is 108 Å². The predicted molar refractivity (Wildman–Crippen MR) is 242 cm³/mol. The number of nitrogens with zero attached hydrogens (tertiary/aromatic N) is 1. The fraction of sp³-hybridized carbons (Fsp3) is 0.854. The van der Waals surface area contributed by atoms with Crippen LogP contribution in [0.1, 0.15) is 213 Å². The molecule has 1 amide bonds. The van der Waals surface area contributed by atoms with Crippen molar-refractivity contribution in [1.82, 2.24) is 5.32 Å². The van der Waals surface area contributed by atoms with Crippen LogP contribution in [-0.4, -0.2) is 68.5 Å². The Hall–Kier alpha value is -1.28. The first-order valence-electron chi connectivity index (χ1n) is 23.9. The van der Waals surface area contributed by atoms with E-state index in [1.165, 1.54) is 135 Å². The number of quaternary nitrogens is 1. The average molecular weight is 825 g/mol. The number of aliphatic hydroxyl groups excluding tert-OH is 1. The Labute approximate surface area is 353 Å². The van der Waals surface area contributed by atoms with Crippen molar-refractivity contribution in [1.29, 1.82) is 0 Å². The number of unbranched alkanes of at least 4 members (excludes halogenated alkanes) is 26. The van der Waals surface area contributed by atoms with Crippen molar-refractivity contribution in [2.75, 3.05) is 40.9 Å². The lowest BCUT2D eigenvalue weighted by molar-refractivity contribution is -0.870. The number of nitrogens with one attached hydrogen (secondary N) is 1. The van der Waals surface area contributed by atoms with Gasteiger partial charge in [0, 0.05) is 6.42 Å². The molecular formula is C48H93N2O6P. The van der Waals surface area contributed by atoms with Gasteiger partial charge in [-0.1, -0.05) is 198 Å². The predicted octanol–water partition coefficient (Wildman–Crippen LogP) is 12.8. The molecule has 0 aliphatic carbocycles. The maximum absolute atomic E-state index is 12.6. The van der Waals surface area contributed by atoms with Gasteiger partial charge in [-0.15, -0.1) is 0 Å². The summed E-state index contributed by atoms with van der Waals surface area (Å²) in [5, 5.41) is 13.6. The first-order chi connectivity index (χ1) is 27.5. The SMILES string of the molecule is CCCCCCCCCCCCCCCCCCCCCC/C=C/CC/C=C/CC/C=C/C(O)C(COP(=O)([O-])OCC[N+](C)(C)C)NC(=O)CCCCCCC. The van der Waals surface area contributed by atoms with Crippen molar-refractivity contribution >= 4 is 13.7 Å². The molecule has 8 nitrogen and oxygen atoms in total. The number of phosphoric acid groups is 1. The van der Waals surface area contributed by atoms with E-state index in [1.54, 1.807) is 6.08 Å². The van der Waals surface area contributed by atoms with Crippen molar-refractivity contribution in [3.63, 3.8) is 0 Å². The molecule has 0 saturated heterocycles. The second-order valence-corrected chi connectivity index (χ2v) is 18.9. The van der Waals surface area contributed by atoms with Gasteiger partial charge >= 0.3 is 0 Å². The van der Waals surface area contributed by atoms with Gasteiger partial charge in [-0.05, 0) is 44.9 Å². The van der Waals surface area contributed by atoms with Crippen molar-refractivity contribution in [3.05, 3.63) is 36.5 Å². The summed E-state index contributed by atoms with van der Waals surface area (Å²) in [5.41, 5.74) is 0. The number of allylic oxidation sites excluding steroid dienone is 5. The van der Waals surface area contributed by atoms with Crippen molar-refractivity contribution in [2.24, 2.45) is 0 Å². The zero-order valence-electron chi connectivity index (χ0n) is 38.0. The molecule has 336 valence electrons. The number of hydrogen-bond donors (Lipinski definition) is 2. The largest absolute Gasteiger partial charge is 0.756 e. The molecular weight excluding hydrogens is 732 g/mol. The van der Waals surface area contributed by atoms with Crippen molar-refractivity contribution < 1.29 is 32.9 Å². The number of amides is 1. The molecule has 0 radical (unpaired) electrons. The summed E-state index contributed by atoms with van der Waals surface area (Å²) in [5.74, 6) is -0.225. The average Bonchev–Trinajstić information content (AvgIpc) is 3.16. The molecule has 3 atom stereocenters. The molecule has 0 aliphatic heterocycles. The highest BCUT2D eigenvalue weighted by Crippen LogP contribution is 2.38. The van der Waals surface area contributed by atoms with Crippen LogP contribution >= 0.6 is 7.82 Å². The number of carbonyl (C=O) groups is 1. The van der Waals surface area contributed by atoms with Crippen LogP contribution in [0.3, 0.4) is 0 Å².